The first-order valence-corrected chi connectivity index (χ1v) is 8.55. The Labute approximate surface area is 133 Å². The lowest BCUT2D eigenvalue weighted by Crippen LogP contribution is -2.31. The molecule has 3 heterocycles. The van der Waals surface area contributed by atoms with E-state index in [4.69, 9.17) is 4.74 Å². The molecule has 0 aromatic carbocycles. The van der Waals surface area contributed by atoms with Gasteiger partial charge in [-0.3, -0.25) is 9.89 Å². The molecule has 1 amide bonds. The van der Waals surface area contributed by atoms with Crippen molar-refractivity contribution in [1.82, 2.24) is 15.1 Å². The molecule has 1 saturated carbocycles. The van der Waals surface area contributed by atoms with Crippen molar-refractivity contribution in [3.8, 4) is 10.6 Å². The first-order valence-electron chi connectivity index (χ1n) is 7.67. The predicted octanol–water partition coefficient (Wildman–Crippen LogP) is 2.64. The lowest BCUT2D eigenvalue weighted by atomic mass is 9.99. The fraction of sp³-hybridized carbons (Fsp3) is 0.500. The molecule has 116 valence electrons. The van der Waals surface area contributed by atoms with Crippen LogP contribution in [0.5, 0.6) is 0 Å². The molecule has 2 aromatic heterocycles. The summed E-state index contributed by atoms with van der Waals surface area (Å²) < 4.78 is 5.57. The van der Waals surface area contributed by atoms with Crippen LogP contribution < -0.4 is 0 Å². The van der Waals surface area contributed by atoms with E-state index >= 15 is 0 Å². The first kappa shape index (κ1) is 14.0. The van der Waals surface area contributed by atoms with Gasteiger partial charge in [-0.05, 0) is 30.2 Å². The number of thiophene rings is 1. The quantitative estimate of drug-likeness (QED) is 0.947. The number of H-pyrrole nitrogens is 1. The Morgan fingerprint density at radius 2 is 2.36 bits per heavy atom. The number of aromatic amines is 1. The van der Waals surface area contributed by atoms with E-state index in [1.165, 1.54) is 0 Å². The van der Waals surface area contributed by atoms with Gasteiger partial charge in [-0.1, -0.05) is 6.07 Å². The number of carbonyl (C=O) groups excluding carboxylic acids is 1. The summed E-state index contributed by atoms with van der Waals surface area (Å²) in [7, 11) is 1.78. The Bertz CT molecular complexity index is 667. The second-order valence-electron chi connectivity index (χ2n) is 6.12. The van der Waals surface area contributed by atoms with Crippen molar-refractivity contribution in [3.05, 3.63) is 29.3 Å². The Morgan fingerprint density at radius 3 is 3.14 bits per heavy atom. The van der Waals surface area contributed by atoms with Crippen LogP contribution in [0.1, 0.15) is 23.2 Å². The van der Waals surface area contributed by atoms with Crippen LogP contribution in [0.3, 0.4) is 0 Å². The van der Waals surface area contributed by atoms with E-state index < -0.39 is 0 Å². The van der Waals surface area contributed by atoms with Gasteiger partial charge in [-0.15, -0.1) is 11.3 Å². The van der Waals surface area contributed by atoms with Crippen LogP contribution in [-0.4, -0.2) is 47.3 Å². The summed E-state index contributed by atoms with van der Waals surface area (Å²) in [5, 5.41) is 9.06. The van der Waals surface area contributed by atoms with Gasteiger partial charge in [0.15, 0.2) is 0 Å². The monoisotopic (exact) mass is 317 g/mol. The highest BCUT2D eigenvalue weighted by Gasteiger charge is 2.44. The number of hydrogen-bond donors (Lipinski definition) is 1. The van der Waals surface area contributed by atoms with Crippen molar-refractivity contribution < 1.29 is 9.53 Å². The van der Waals surface area contributed by atoms with E-state index in [1.807, 2.05) is 22.4 Å². The molecular weight excluding hydrogens is 298 g/mol. The summed E-state index contributed by atoms with van der Waals surface area (Å²) in [5.74, 6) is 1.17. The van der Waals surface area contributed by atoms with Crippen LogP contribution in [-0.2, 0) is 4.74 Å². The van der Waals surface area contributed by atoms with Gasteiger partial charge in [0.1, 0.15) is 0 Å². The molecule has 4 rings (SSSR count). The van der Waals surface area contributed by atoms with E-state index in [-0.39, 0.29) is 5.91 Å². The second-order valence-corrected chi connectivity index (χ2v) is 7.07. The van der Waals surface area contributed by atoms with Gasteiger partial charge in [0.25, 0.3) is 5.91 Å². The van der Waals surface area contributed by atoms with Gasteiger partial charge in [-0.2, -0.15) is 5.10 Å². The molecule has 0 bridgehead atoms. The SMILES string of the molecule is CO[C@@H]1CC[C@@H]2CN(C(=O)c3cn[nH]c3-c3cccs3)C[C@@H]21. The molecule has 2 aromatic rings. The molecular formula is C16H19N3O2S. The van der Waals surface area contributed by atoms with Crippen LogP contribution in [0.4, 0.5) is 0 Å². The van der Waals surface area contributed by atoms with Gasteiger partial charge in [0.05, 0.1) is 28.4 Å². The molecule has 1 N–H and O–H groups in total. The maximum absolute atomic E-state index is 12.9. The lowest BCUT2D eigenvalue weighted by Gasteiger charge is -2.19. The van der Waals surface area contributed by atoms with E-state index in [0.29, 0.717) is 23.5 Å². The third-order valence-electron chi connectivity index (χ3n) is 5.02. The normalized spacial score (nSPS) is 27.3. The molecule has 2 aliphatic rings. The minimum absolute atomic E-state index is 0.0846. The van der Waals surface area contributed by atoms with Gasteiger partial charge < -0.3 is 9.64 Å². The number of likely N-dealkylation sites (tertiary alicyclic amines) is 1. The number of nitrogens with one attached hydrogen (secondary N) is 1. The second kappa shape index (κ2) is 5.52. The van der Waals surface area contributed by atoms with Crippen LogP contribution in [0.15, 0.2) is 23.7 Å². The number of carbonyl (C=O) groups is 1. The topological polar surface area (TPSA) is 58.2 Å². The molecule has 22 heavy (non-hydrogen) atoms. The fourth-order valence-electron chi connectivity index (χ4n) is 3.90. The molecule has 5 nitrogen and oxygen atoms in total. The number of fused-ring (bicyclic) bond motifs is 1. The average Bonchev–Trinajstić information content (AvgIpc) is 3.27. The number of aromatic nitrogens is 2. The van der Waals surface area contributed by atoms with Crippen molar-refractivity contribution in [2.24, 2.45) is 11.8 Å². The maximum Gasteiger partial charge on any atom is 0.257 e. The predicted molar refractivity (Wildman–Crippen MR) is 84.8 cm³/mol. The summed E-state index contributed by atoms with van der Waals surface area (Å²) >= 11 is 1.61. The minimum atomic E-state index is 0.0846. The fourth-order valence-corrected chi connectivity index (χ4v) is 4.64. The summed E-state index contributed by atoms with van der Waals surface area (Å²) in [6.07, 6.45) is 4.25. The largest absolute Gasteiger partial charge is 0.381 e. The molecule has 1 aliphatic heterocycles. The zero-order chi connectivity index (χ0) is 15.1. The summed E-state index contributed by atoms with van der Waals surface area (Å²) in [6, 6.07) is 3.99. The van der Waals surface area contributed by atoms with Gasteiger partial charge in [-0.25, -0.2) is 0 Å². The summed E-state index contributed by atoms with van der Waals surface area (Å²) in [4.78, 5) is 15.9. The third-order valence-corrected chi connectivity index (χ3v) is 5.91. The lowest BCUT2D eigenvalue weighted by molar-refractivity contribution is 0.0609. The Kier molecular flexibility index (Phi) is 3.50. The van der Waals surface area contributed by atoms with Crippen LogP contribution in [0.2, 0.25) is 0 Å². The molecule has 6 heteroatoms. The van der Waals surface area contributed by atoms with Crippen LogP contribution in [0, 0.1) is 11.8 Å². The van der Waals surface area contributed by atoms with Crippen molar-refractivity contribution >= 4 is 17.2 Å². The highest BCUT2D eigenvalue weighted by molar-refractivity contribution is 7.13. The summed E-state index contributed by atoms with van der Waals surface area (Å²) in [6.45, 7) is 1.65. The molecule has 3 atom stereocenters. The highest BCUT2D eigenvalue weighted by atomic mass is 32.1. The van der Waals surface area contributed by atoms with Crippen molar-refractivity contribution in [1.29, 1.82) is 0 Å². The number of amides is 1. The average molecular weight is 317 g/mol. The molecule has 1 saturated heterocycles. The molecule has 2 fully saturated rings. The van der Waals surface area contributed by atoms with Gasteiger partial charge >= 0.3 is 0 Å². The zero-order valence-corrected chi connectivity index (χ0v) is 13.3. The first-order chi connectivity index (χ1) is 10.8. The summed E-state index contributed by atoms with van der Waals surface area (Å²) in [5.41, 5.74) is 1.51. The molecule has 0 spiro atoms. The number of rotatable bonds is 3. The van der Waals surface area contributed by atoms with Crippen molar-refractivity contribution in [2.75, 3.05) is 20.2 Å². The third kappa shape index (κ3) is 2.18. The van der Waals surface area contributed by atoms with Gasteiger partial charge in [0, 0.05) is 26.1 Å². The Morgan fingerprint density at radius 1 is 1.45 bits per heavy atom. The smallest absolute Gasteiger partial charge is 0.257 e. The number of hydrogen-bond acceptors (Lipinski definition) is 4. The van der Waals surface area contributed by atoms with Crippen molar-refractivity contribution in [2.45, 2.75) is 18.9 Å². The van der Waals surface area contributed by atoms with E-state index in [9.17, 15) is 4.79 Å². The van der Waals surface area contributed by atoms with Crippen molar-refractivity contribution in [3.63, 3.8) is 0 Å². The van der Waals surface area contributed by atoms with E-state index in [0.717, 1.165) is 36.5 Å². The molecule has 1 aliphatic carbocycles. The highest BCUT2D eigenvalue weighted by Crippen LogP contribution is 2.40. The number of methoxy groups -OCH3 is 1. The van der Waals surface area contributed by atoms with Gasteiger partial charge in [0.2, 0.25) is 0 Å². The minimum Gasteiger partial charge on any atom is -0.381 e. The maximum atomic E-state index is 12.9. The molecule has 0 unspecified atom stereocenters. The molecule has 0 radical (unpaired) electrons. The van der Waals surface area contributed by atoms with Crippen LogP contribution >= 0.6 is 11.3 Å². The number of nitrogens with zero attached hydrogens (tertiary/aromatic N) is 2. The van der Waals surface area contributed by atoms with E-state index in [2.05, 4.69) is 10.2 Å². The standard InChI is InChI=1S/C16H19N3O2S/c1-21-13-5-4-10-8-19(9-12(10)13)16(20)11-7-17-18-15(11)14-3-2-6-22-14/h2-3,6-7,10,12-13H,4-5,8-9H2,1H3,(H,17,18)/t10-,12+,13-/m1/s1. The van der Waals surface area contributed by atoms with Crippen LogP contribution in [0.25, 0.3) is 10.6 Å². The Hall–Kier alpha value is -1.66. The zero-order valence-electron chi connectivity index (χ0n) is 12.5. The van der Waals surface area contributed by atoms with E-state index in [1.54, 1.807) is 24.6 Å². The Balaban J connectivity index is 1.56. The number of ether oxygens (including phenoxy) is 1.